The Morgan fingerprint density at radius 1 is 0.660 bits per heavy atom. The highest BCUT2D eigenvalue weighted by Gasteiger charge is 2.43. The standard InChI is InChI=1S/C40H74O7/c1-6-11-16-20-25-31(24-15-10-5)32(26-21-17-12-7-2)29-33(27-22-18-13-8-3)34(28-23-19-14-9-4)39(44)47-38-36(43)37(35(42)30-41)46-40(38)45/h31-35,37,41-43H,6-30H2,1-5H3/t31?,32?,33?,34?,35-,37?/m0/s1. The van der Waals surface area contributed by atoms with Crippen molar-refractivity contribution in [2.75, 3.05) is 6.61 Å². The summed E-state index contributed by atoms with van der Waals surface area (Å²) in [5, 5.41) is 30.1. The third kappa shape index (κ3) is 17.1. The first-order valence-corrected chi connectivity index (χ1v) is 19.9. The van der Waals surface area contributed by atoms with Crippen molar-refractivity contribution in [3.05, 3.63) is 11.5 Å². The predicted molar refractivity (Wildman–Crippen MR) is 192 cm³/mol. The van der Waals surface area contributed by atoms with Crippen molar-refractivity contribution in [1.82, 2.24) is 0 Å². The fourth-order valence-electron chi connectivity index (χ4n) is 7.42. The largest absolute Gasteiger partial charge is 0.505 e. The lowest BCUT2D eigenvalue weighted by atomic mass is 9.71. The number of unbranched alkanes of at least 4 members (excludes halogenated alkanes) is 13. The molecule has 0 spiro atoms. The van der Waals surface area contributed by atoms with Crippen LogP contribution in [0.3, 0.4) is 0 Å². The van der Waals surface area contributed by atoms with Crippen LogP contribution in [0.25, 0.3) is 0 Å². The molecule has 0 aromatic heterocycles. The fourth-order valence-corrected chi connectivity index (χ4v) is 7.42. The quantitative estimate of drug-likeness (QED) is 0.0498. The third-order valence-corrected chi connectivity index (χ3v) is 10.4. The van der Waals surface area contributed by atoms with Crippen LogP contribution in [0, 0.1) is 23.7 Å². The summed E-state index contributed by atoms with van der Waals surface area (Å²) in [6, 6.07) is 0. The molecule has 3 N–H and O–H groups in total. The van der Waals surface area contributed by atoms with Crippen LogP contribution in [0.4, 0.5) is 0 Å². The minimum absolute atomic E-state index is 0.135. The Kier molecular flexibility index (Phi) is 25.2. The van der Waals surface area contributed by atoms with Crippen molar-refractivity contribution in [3.8, 4) is 0 Å². The van der Waals surface area contributed by atoms with E-state index in [1.165, 1.54) is 89.9 Å². The van der Waals surface area contributed by atoms with E-state index in [0.29, 0.717) is 18.3 Å². The zero-order valence-corrected chi connectivity index (χ0v) is 31.1. The van der Waals surface area contributed by atoms with E-state index in [1.807, 2.05) is 0 Å². The van der Waals surface area contributed by atoms with Crippen LogP contribution >= 0.6 is 0 Å². The molecule has 0 radical (unpaired) electrons. The molecule has 0 saturated heterocycles. The number of cyclic esters (lactones) is 1. The molecular formula is C40H74O7. The summed E-state index contributed by atoms with van der Waals surface area (Å²) in [4.78, 5) is 26.8. The van der Waals surface area contributed by atoms with Crippen molar-refractivity contribution < 1.29 is 34.4 Å². The number of hydrogen-bond donors (Lipinski definition) is 3. The summed E-state index contributed by atoms with van der Waals surface area (Å²) in [6.07, 6.45) is 24.6. The first-order valence-electron chi connectivity index (χ1n) is 19.9. The third-order valence-electron chi connectivity index (χ3n) is 10.4. The van der Waals surface area contributed by atoms with Crippen LogP contribution < -0.4 is 0 Å². The summed E-state index contributed by atoms with van der Waals surface area (Å²) in [5.41, 5.74) is 0. The SMILES string of the molecule is CCCCCCC(CCCC)C(CCCCCC)CC(CCCCCC)C(CCCCCC)C(=O)OC1=C(O)C([C@@H](O)CO)OC1=O. The van der Waals surface area contributed by atoms with E-state index in [-0.39, 0.29) is 11.8 Å². The zero-order chi connectivity index (χ0) is 34.9. The second kappa shape index (κ2) is 27.2. The van der Waals surface area contributed by atoms with Crippen LogP contribution in [-0.4, -0.2) is 46.1 Å². The molecule has 0 amide bonds. The maximum Gasteiger partial charge on any atom is 0.378 e. The molecule has 0 aromatic carbocycles. The van der Waals surface area contributed by atoms with Gasteiger partial charge in [-0.1, -0.05) is 169 Å². The van der Waals surface area contributed by atoms with E-state index in [2.05, 4.69) is 34.6 Å². The number of esters is 2. The second-order valence-corrected chi connectivity index (χ2v) is 14.4. The number of carbonyl (C=O) groups is 2. The van der Waals surface area contributed by atoms with Gasteiger partial charge in [0, 0.05) is 0 Å². The Hall–Kier alpha value is -1.60. The van der Waals surface area contributed by atoms with Gasteiger partial charge in [0.05, 0.1) is 12.5 Å². The molecule has 0 aromatic rings. The van der Waals surface area contributed by atoms with Crippen molar-refractivity contribution >= 4 is 11.9 Å². The summed E-state index contributed by atoms with van der Waals surface area (Å²) < 4.78 is 10.8. The van der Waals surface area contributed by atoms with Crippen molar-refractivity contribution in [2.45, 2.75) is 201 Å². The lowest BCUT2D eigenvalue weighted by molar-refractivity contribution is -0.156. The minimum Gasteiger partial charge on any atom is -0.505 e. The lowest BCUT2D eigenvalue weighted by Crippen LogP contribution is -2.31. The van der Waals surface area contributed by atoms with Gasteiger partial charge in [-0.15, -0.1) is 0 Å². The molecule has 0 fully saturated rings. The van der Waals surface area contributed by atoms with E-state index in [9.17, 15) is 24.9 Å². The first-order chi connectivity index (χ1) is 22.8. The lowest BCUT2D eigenvalue weighted by Gasteiger charge is -2.34. The summed E-state index contributed by atoms with van der Waals surface area (Å²) in [6.45, 7) is 10.5. The van der Waals surface area contributed by atoms with Gasteiger partial charge in [-0.3, -0.25) is 4.79 Å². The van der Waals surface area contributed by atoms with Gasteiger partial charge in [0.2, 0.25) is 0 Å². The molecule has 1 aliphatic rings. The second-order valence-electron chi connectivity index (χ2n) is 14.4. The van der Waals surface area contributed by atoms with E-state index in [1.54, 1.807) is 0 Å². The molecule has 0 saturated carbocycles. The topological polar surface area (TPSA) is 113 Å². The van der Waals surface area contributed by atoms with Gasteiger partial charge in [-0.25, -0.2) is 4.79 Å². The van der Waals surface area contributed by atoms with Gasteiger partial charge in [0.1, 0.15) is 6.10 Å². The fraction of sp³-hybridized carbons (Fsp3) is 0.900. The van der Waals surface area contributed by atoms with Crippen LogP contribution in [0.1, 0.15) is 189 Å². The number of carbonyl (C=O) groups excluding carboxylic acids is 2. The zero-order valence-electron chi connectivity index (χ0n) is 31.1. The number of ether oxygens (including phenoxy) is 2. The average molecular weight is 667 g/mol. The van der Waals surface area contributed by atoms with Crippen LogP contribution in [0.5, 0.6) is 0 Å². The molecule has 1 heterocycles. The number of aliphatic hydroxyl groups is 3. The highest BCUT2D eigenvalue weighted by molar-refractivity contribution is 5.92. The normalized spacial score (nSPS) is 18.2. The molecule has 1 rings (SSSR count). The first kappa shape index (κ1) is 43.4. The average Bonchev–Trinajstić information content (AvgIpc) is 3.35. The van der Waals surface area contributed by atoms with Crippen molar-refractivity contribution in [1.29, 1.82) is 0 Å². The Balaban J connectivity index is 3.43. The van der Waals surface area contributed by atoms with Crippen LogP contribution in [0.15, 0.2) is 11.5 Å². The Bertz CT molecular complexity index is 840. The van der Waals surface area contributed by atoms with Crippen LogP contribution in [-0.2, 0) is 19.1 Å². The molecule has 7 heteroatoms. The minimum atomic E-state index is -1.49. The van der Waals surface area contributed by atoms with Gasteiger partial charge < -0.3 is 24.8 Å². The van der Waals surface area contributed by atoms with Crippen molar-refractivity contribution in [3.63, 3.8) is 0 Å². The van der Waals surface area contributed by atoms with E-state index in [4.69, 9.17) is 9.47 Å². The maximum absolute atomic E-state index is 14.1. The summed E-state index contributed by atoms with van der Waals surface area (Å²) >= 11 is 0. The van der Waals surface area contributed by atoms with E-state index >= 15 is 0 Å². The Labute approximate surface area is 288 Å². The maximum atomic E-state index is 14.1. The van der Waals surface area contributed by atoms with Gasteiger partial charge in [0.25, 0.3) is 5.76 Å². The number of rotatable bonds is 31. The molecule has 7 nitrogen and oxygen atoms in total. The Morgan fingerprint density at radius 2 is 1.11 bits per heavy atom. The highest BCUT2D eigenvalue weighted by Crippen LogP contribution is 2.40. The molecule has 276 valence electrons. The van der Waals surface area contributed by atoms with Gasteiger partial charge in [0.15, 0.2) is 11.9 Å². The molecule has 0 aliphatic carbocycles. The summed E-state index contributed by atoms with van der Waals surface area (Å²) in [5.74, 6) is -1.64. The van der Waals surface area contributed by atoms with Gasteiger partial charge in [-0.2, -0.15) is 0 Å². The molecule has 1 aliphatic heterocycles. The van der Waals surface area contributed by atoms with Crippen molar-refractivity contribution in [2.24, 2.45) is 23.7 Å². The predicted octanol–water partition coefficient (Wildman–Crippen LogP) is 10.5. The molecule has 47 heavy (non-hydrogen) atoms. The smallest absolute Gasteiger partial charge is 0.378 e. The molecular weight excluding hydrogens is 592 g/mol. The number of aliphatic hydroxyl groups excluding tert-OH is 3. The van der Waals surface area contributed by atoms with E-state index in [0.717, 1.165) is 57.8 Å². The molecule has 5 unspecified atom stereocenters. The van der Waals surface area contributed by atoms with Crippen LogP contribution in [0.2, 0.25) is 0 Å². The molecule has 0 bridgehead atoms. The monoisotopic (exact) mass is 667 g/mol. The Morgan fingerprint density at radius 3 is 1.60 bits per heavy atom. The summed E-state index contributed by atoms with van der Waals surface area (Å²) in [7, 11) is 0. The highest BCUT2D eigenvalue weighted by atomic mass is 16.6. The van der Waals surface area contributed by atoms with Gasteiger partial charge >= 0.3 is 11.9 Å². The van der Waals surface area contributed by atoms with Gasteiger partial charge in [-0.05, 0) is 37.0 Å². The molecule has 6 atom stereocenters. The number of hydrogen-bond acceptors (Lipinski definition) is 7. The van der Waals surface area contributed by atoms with E-state index < -0.39 is 42.3 Å².